The molecule has 0 saturated heterocycles. The highest BCUT2D eigenvalue weighted by Gasteiger charge is 2.16. The molecule has 0 amide bonds. The average Bonchev–Trinajstić information content (AvgIpc) is 2.58. The molecule has 0 N–H and O–H groups in total. The van der Waals surface area contributed by atoms with E-state index in [-0.39, 0.29) is 5.38 Å². The van der Waals surface area contributed by atoms with Crippen LogP contribution in [-0.2, 0) is 7.05 Å². The molecule has 1 unspecified atom stereocenters. The smallest absolute Gasteiger partial charge is 0.0839 e. The van der Waals surface area contributed by atoms with Crippen LogP contribution >= 0.6 is 11.6 Å². The van der Waals surface area contributed by atoms with Gasteiger partial charge < -0.3 is 0 Å². The van der Waals surface area contributed by atoms with Gasteiger partial charge in [-0.3, -0.25) is 0 Å². The Hall–Kier alpha value is -0.830. The zero-order chi connectivity index (χ0) is 8.55. The van der Waals surface area contributed by atoms with Crippen LogP contribution in [0.5, 0.6) is 0 Å². The molecule has 1 aromatic rings. The maximum absolute atomic E-state index is 5.95. The minimum atomic E-state index is 0.190. The van der Waals surface area contributed by atoms with E-state index in [1.165, 1.54) is 5.57 Å². The first-order valence-corrected chi connectivity index (χ1v) is 4.41. The summed E-state index contributed by atoms with van der Waals surface area (Å²) in [7, 11) is 1.89. The minimum Gasteiger partial charge on any atom is -0.248 e. The van der Waals surface area contributed by atoms with E-state index in [0.717, 1.165) is 18.5 Å². The highest BCUT2D eigenvalue weighted by Crippen LogP contribution is 2.29. The van der Waals surface area contributed by atoms with Gasteiger partial charge in [0.1, 0.15) is 0 Å². The summed E-state index contributed by atoms with van der Waals surface area (Å²) in [5, 5.41) is 7.88. The maximum Gasteiger partial charge on any atom is 0.0839 e. The van der Waals surface area contributed by atoms with Crippen molar-refractivity contribution in [2.45, 2.75) is 18.2 Å². The number of aromatic nitrogens is 3. The molecule has 1 aliphatic rings. The van der Waals surface area contributed by atoms with Crippen LogP contribution in [0.3, 0.4) is 0 Å². The lowest BCUT2D eigenvalue weighted by molar-refractivity contribution is 0.705. The summed E-state index contributed by atoms with van der Waals surface area (Å²) >= 11 is 5.95. The van der Waals surface area contributed by atoms with Crippen molar-refractivity contribution in [3.63, 3.8) is 0 Å². The zero-order valence-corrected chi connectivity index (χ0v) is 7.62. The van der Waals surface area contributed by atoms with Crippen molar-refractivity contribution in [2.24, 2.45) is 7.05 Å². The lowest BCUT2D eigenvalue weighted by Crippen LogP contribution is -1.95. The Labute approximate surface area is 76.0 Å². The Morgan fingerprint density at radius 3 is 3.00 bits per heavy atom. The summed E-state index contributed by atoms with van der Waals surface area (Å²) in [4.78, 5) is 0. The summed E-state index contributed by atoms with van der Waals surface area (Å²) in [6.07, 6.45) is 5.93. The molecule has 1 atom stereocenters. The van der Waals surface area contributed by atoms with Crippen LogP contribution in [0, 0.1) is 0 Å². The molecule has 0 saturated carbocycles. The first-order valence-electron chi connectivity index (χ1n) is 3.97. The van der Waals surface area contributed by atoms with Crippen LogP contribution in [0.2, 0.25) is 0 Å². The molecule has 64 valence electrons. The van der Waals surface area contributed by atoms with Gasteiger partial charge in [0.15, 0.2) is 0 Å². The topological polar surface area (TPSA) is 30.7 Å². The third kappa shape index (κ3) is 1.25. The van der Waals surface area contributed by atoms with Crippen LogP contribution in [0.1, 0.15) is 18.5 Å². The Bertz CT molecular complexity index is 316. The normalized spacial score (nSPS) is 22.8. The largest absolute Gasteiger partial charge is 0.248 e. The van der Waals surface area contributed by atoms with Gasteiger partial charge in [0.25, 0.3) is 0 Å². The quantitative estimate of drug-likeness (QED) is 0.620. The standard InChI is InChI=1S/C8H10ClN3/c1-12-8(5-10-11-12)6-2-3-7(9)4-6/h4-5,7H,2-3H2,1H3. The number of aryl methyl sites for hydroxylation is 1. The molecular weight excluding hydrogens is 174 g/mol. The van der Waals surface area contributed by atoms with Crippen molar-refractivity contribution in [3.8, 4) is 0 Å². The lowest BCUT2D eigenvalue weighted by atomic mass is 10.2. The SMILES string of the molecule is Cn1nncc1C1=CC(Cl)CC1. The predicted octanol–water partition coefficient (Wildman–Crippen LogP) is 1.60. The molecule has 12 heavy (non-hydrogen) atoms. The van der Waals surface area contributed by atoms with Crippen molar-refractivity contribution in [1.29, 1.82) is 0 Å². The molecule has 1 aromatic heterocycles. The monoisotopic (exact) mass is 183 g/mol. The first-order chi connectivity index (χ1) is 5.77. The molecular formula is C8H10ClN3. The molecule has 1 heterocycles. The van der Waals surface area contributed by atoms with Gasteiger partial charge in [-0.15, -0.1) is 16.7 Å². The second-order valence-corrected chi connectivity index (χ2v) is 3.55. The molecule has 1 aliphatic carbocycles. The number of hydrogen-bond acceptors (Lipinski definition) is 2. The Kier molecular flexibility index (Phi) is 1.89. The van der Waals surface area contributed by atoms with Gasteiger partial charge in [-0.1, -0.05) is 11.3 Å². The number of halogens is 1. The van der Waals surface area contributed by atoms with E-state index in [4.69, 9.17) is 11.6 Å². The number of rotatable bonds is 1. The van der Waals surface area contributed by atoms with Crippen LogP contribution in [0.15, 0.2) is 12.3 Å². The number of nitrogens with zero attached hydrogens (tertiary/aromatic N) is 3. The number of alkyl halides is 1. The van der Waals surface area contributed by atoms with Gasteiger partial charge in [0.2, 0.25) is 0 Å². The second kappa shape index (κ2) is 2.90. The Balaban J connectivity index is 2.32. The molecule has 3 nitrogen and oxygen atoms in total. The van der Waals surface area contributed by atoms with Crippen molar-refractivity contribution in [3.05, 3.63) is 18.0 Å². The lowest BCUT2D eigenvalue weighted by Gasteiger charge is -1.98. The minimum absolute atomic E-state index is 0.190. The summed E-state index contributed by atoms with van der Waals surface area (Å²) in [6, 6.07) is 0. The highest BCUT2D eigenvalue weighted by molar-refractivity contribution is 6.22. The van der Waals surface area contributed by atoms with E-state index in [0.29, 0.717) is 0 Å². The number of hydrogen-bond donors (Lipinski definition) is 0. The van der Waals surface area contributed by atoms with Gasteiger partial charge in [-0.2, -0.15) is 0 Å². The van der Waals surface area contributed by atoms with Crippen molar-refractivity contribution < 1.29 is 0 Å². The molecule has 4 heteroatoms. The maximum atomic E-state index is 5.95. The first kappa shape index (κ1) is 7.80. The molecule has 0 aromatic carbocycles. The fraction of sp³-hybridized carbons (Fsp3) is 0.500. The summed E-state index contributed by atoms with van der Waals surface area (Å²) in [5.74, 6) is 0. The fourth-order valence-electron chi connectivity index (χ4n) is 1.47. The van der Waals surface area contributed by atoms with Gasteiger partial charge in [0, 0.05) is 7.05 Å². The zero-order valence-electron chi connectivity index (χ0n) is 6.87. The summed E-state index contributed by atoms with van der Waals surface area (Å²) in [5.41, 5.74) is 2.35. The van der Waals surface area contributed by atoms with Crippen LogP contribution in [-0.4, -0.2) is 20.4 Å². The van der Waals surface area contributed by atoms with Crippen LogP contribution < -0.4 is 0 Å². The van der Waals surface area contributed by atoms with Gasteiger partial charge >= 0.3 is 0 Å². The summed E-state index contributed by atoms with van der Waals surface area (Å²) < 4.78 is 1.78. The van der Waals surface area contributed by atoms with Gasteiger partial charge in [-0.25, -0.2) is 4.68 Å². The van der Waals surface area contributed by atoms with Gasteiger partial charge in [-0.05, 0) is 18.4 Å². The van der Waals surface area contributed by atoms with Crippen LogP contribution in [0.25, 0.3) is 5.57 Å². The average molecular weight is 184 g/mol. The second-order valence-electron chi connectivity index (χ2n) is 2.99. The highest BCUT2D eigenvalue weighted by atomic mass is 35.5. The van der Waals surface area contributed by atoms with E-state index < -0.39 is 0 Å². The molecule has 0 fully saturated rings. The molecule has 0 spiro atoms. The predicted molar refractivity (Wildman–Crippen MR) is 47.9 cm³/mol. The molecule has 0 aliphatic heterocycles. The van der Waals surface area contributed by atoms with E-state index in [9.17, 15) is 0 Å². The van der Waals surface area contributed by atoms with E-state index in [1.54, 1.807) is 10.9 Å². The third-order valence-electron chi connectivity index (χ3n) is 2.11. The van der Waals surface area contributed by atoms with E-state index >= 15 is 0 Å². The Morgan fingerprint density at radius 2 is 2.50 bits per heavy atom. The van der Waals surface area contributed by atoms with Crippen molar-refractivity contribution >= 4 is 17.2 Å². The Morgan fingerprint density at radius 1 is 1.67 bits per heavy atom. The van der Waals surface area contributed by atoms with E-state index in [2.05, 4.69) is 16.4 Å². The van der Waals surface area contributed by atoms with Gasteiger partial charge in [0.05, 0.1) is 17.3 Å². The molecule has 2 rings (SSSR count). The molecule has 0 bridgehead atoms. The van der Waals surface area contributed by atoms with Crippen LogP contribution in [0.4, 0.5) is 0 Å². The number of allylic oxidation sites excluding steroid dienone is 2. The van der Waals surface area contributed by atoms with E-state index in [1.807, 2.05) is 7.05 Å². The summed E-state index contributed by atoms with van der Waals surface area (Å²) in [6.45, 7) is 0. The molecule has 0 radical (unpaired) electrons. The third-order valence-corrected chi connectivity index (χ3v) is 2.46. The van der Waals surface area contributed by atoms with Crippen molar-refractivity contribution in [2.75, 3.05) is 0 Å². The fourth-order valence-corrected chi connectivity index (χ4v) is 1.73. The van der Waals surface area contributed by atoms with Crippen molar-refractivity contribution in [1.82, 2.24) is 15.0 Å².